The Morgan fingerprint density at radius 2 is 1.66 bits per heavy atom. The van der Waals surface area contributed by atoms with Gasteiger partial charge in [0.15, 0.2) is 23.2 Å². The number of rotatable bonds is 9. The molecule has 0 radical (unpaired) electrons. The fourth-order valence-corrected chi connectivity index (χ4v) is 8.17. The van der Waals surface area contributed by atoms with Gasteiger partial charge < -0.3 is 60.2 Å². The van der Waals surface area contributed by atoms with Gasteiger partial charge in [0.2, 0.25) is 23.3 Å². The molecule has 1 saturated heterocycles. The number of Topliss-reactive ketones (excluding diaryl/α,β-unsaturated/α-hetero) is 3. The van der Waals surface area contributed by atoms with Gasteiger partial charge in [-0.25, -0.2) is 0 Å². The molecule has 3 aliphatic carbocycles. The van der Waals surface area contributed by atoms with Crippen molar-refractivity contribution >= 4 is 29.0 Å². The van der Waals surface area contributed by atoms with Crippen LogP contribution in [0.1, 0.15) is 70.6 Å². The topological polar surface area (TPSA) is 268 Å². The van der Waals surface area contributed by atoms with Crippen LogP contribution in [-0.4, -0.2) is 137 Å². The number of carbonyl (C=O) groups is 5. The van der Waals surface area contributed by atoms with E-state index in [9.17, 15) is 49.5 Å². The number of nitrogens with one attached hydrogen (secondary N) is 2. The number of aromatic hydroxyl groups is 2. The van der Waals surface area contributed by atoms with Crippen LogP contribution in [-0.2, 0) is 42.2 Å². The number of aliphatic hydroxyl groups excluding tert-OH is 3. The maximum absolute atomic E-state index is 14.7. The van der Waals surface area contributed by atoms with Crippen LogP contribution in [0, 0.1) is 6.92 Å². The molecule has 4 aliphatic rings. The van der Waals surface area contributed by atoms with Gasteiger partial charge in [-0.1, -0.05) is 6.07 Å². The minimum atomic E-state index is -3.20. The van der Waals surface area contributed by atoms with Crippen LogP contribution in [0.2, 0.25) is 0 Å². The van der Waals surface area contributed by atoms with Gasteiger partial charge in [0, 0.05) is 62.6 Å². The van der Waals surface area contributed by atoms with E-state index in [2.05, 4.69) is 10.6 Å². The Morgan fingerprint density at radius 3 is 2.28 bits per heavy atom. The number of methoxy groups -OCH3 is 3. The lowest BCUT2D eigenvalue weighted by atomic mass is 9.56. The first-order valence-corrected chi connectivity index (χ1v) is 16.7. The fraction of sp³-hybridized carbons (Fsp3) is 0.472. The van der Waals surface area contributed by atoms with Crippen LogP contribution >= 0.6 is 0 Å². The molecule has 1 amide bonds. The summed E-state index contributed by atoms with van der Waals surface area (Å²) in [6.45, 7) is 2.71. The second-order valence-corrected chi connectivity index (χ2v) is 13.5. The molecule has 2 aromatic carbocycles. The third kappa shape index (κ3) is 5.33. The van der Waals surface area contributed by atoms with Gasteiger partial charge in [-0.15, -0.1) is 0 Å². The van der Waals surface area contributed by atoms with Gasteiger partial charge in [-0.2, -0.15) is 0 Å². The van der Waals surface area contributed by atoms with Crippen LogP contribution in [0.5, 0.6) is 11.5 Å². The third-order valence-electron chi connectivity index (χ3n) is 10.7. The summed E-state index contributed by atoms with van der Waals surface area (Å²) in [5.41, 5.74) is -9.34. The van der Waals surface area contributed by atoms with Gasteiger partial charge in [-0.3, -0.25) is 24.0 Å². The first-order valence-electron chi connectivity index (χ1n) is 16.7. The molecule has 6 rings (SSSR count). The Morgan fingerprint density at radius 1 is 0.981 bits per heavy atom. The highest BCUT2D eigenvalue weighted by atomic mass is 16.6. The van der Waals surface area contributed by atoms with Gasteiger partial charge >= 0.3 is 0 Å². The van der Waals surface area contributed by atoms with Crippen molar-refractivity contribution in [1.82, 2.24) is 10.6 Å². The predicted octanol–water partition coefficient (Wildman–Crippen LogP) is -1.39. The van der Waals surface area contributed by atoms with Gasteiger partial charge in [0.25, 0.3) is 0 Å². The summed E-state index contributed by atoms with van der Waals surface area (Å²) in [4.78, 5) is 69.4. The van der Waals surface area contributed by atoms with Crippen molar-refractivity contribution in [3.05, 3.63) is 68.4 Å². The highest BCUT2D eigenvalue weighted by molar-refractivity contribution is 6.30. The number of allylic oxidation sites excluding steroid dienone is 2. The lowest BCUT2D eigenvalue weighted by Crippen LogP contribution is -2.73. The second-order valence-electron chi connectivity index (χ2n) is 13.5. The number of ketones is 4. The summed E-state index contributed by atoms with van der Waals surface area (Å²) in [7, 11) is 3.59. The van der Waals surface area contributed by atoms with E-state index in [-0.39, 0.29) is 30.0 Å². The zero-order valence-electron chi connectivity index (χ0n) is 29.4. The monoisotopic (exact) mass is 740 g/mol. The van der Waals surface area contributed by atoms with E-state index in [0.29, 0.717) is 5.56 Å². The van der Waals surface area contributed by atoms with E-state index >= 15 is 0 Å². The molecule has 53 heavy (non-hydrogen) atoms. The largest absolute Gasteiger partial charge is 0.507 e. The molecule has 1 unspecified atom stereocenters. The average Bonchev–Trinajstić information content (AvgIpc) is 3.10. The Hall–Kier alpha value is -4.59. The van der Waals surface area contributed by atoms with Crippen molar-refractivity contribution in [2.45, 2.75) is 74.6 Å². The SMILES string of the molecule is CO[C@@H]1[C@@H](O)[C@@H](OC)C(NC2=CC(=O)c3c(cc4c(c3O)C(=O)[C@]3(OC)[C@H](O)Cc5cc(C)c(CC(=O)NCCO)c(O)c5[C@]3(O)C4=O)C2=O)O[C@H]1C. The summed E-state index contributed by atoms with van der Waals surface area (Å²) in [6.07, 6.45) is -7.00. The lowest BCUT2D eigenvalue weighted by molar-refractivity contribution is -0.236. The number of amides is 1. The summed E-state index contributed by atoms with van der Waals surface area (Å²) >= 11 is 0. The first kappa shape index (κ1) is 38.1. The Labute approximate surface area is 302 Å². The van der Waals surface area contributed by atoms with Crippen molar-refractivity contribution < 1.29 is 73.6 Å². The maximum Gasteiger partial charge on any atom is 0.224 e. The third-order valence-corrected chi connectivity index (χ3v) is 10.7. The molecule has 17 heteroatoms. The number of hydrogen-bond donors (Lipinski definition) is 8. The minimum Gasteiger partial charge on any atom is -0.507 e. The molecule has 8 atom stereocenters. The zero-order valence-corrected chi connectivity index (χ0v) is 29.4. The molecule has 0 saturated carbocycles. The highest BCUT2D eigenvalue weighted by Crippen LogP contribution is 2.56. The number of phenols is 2. The number of phenolic OH excluding ortho intramolecular Hbond substituents is 2. The van der Waals surface area contributed by atoms with Crippen LogP contribution < -0.4 is 10.6 Å². The number of ether oxygens (including phenoxy) is 4. The van der Waals surface area contributed by atoms with E-state index in [1.165, 1.54) is 20.3 Å². The van der Waals surface area contributed by atoms with E-state index in [0.717, 1.165) is 19.3 Å². The van der Waals surface area contributed by atoms with Crippen molar-refractivity contribution in [3.8, 4) is 11.5 Å². The molecule has 284 valence electrons. The van der Waals surface area contributed by atoms with Crippen molar-refractivity contribution in [1.29, 1.82) is 0 Å². The normalized spacial score (nSPS) is 30.5. The Kier molecular flexibility index (Phi) is 9.84. The molecule has 1 fully saturated rings. The molecule has 2 aromatic rings. The first-order chi connectivity index (χ1) is 25.0. The molecular formula is C36H40N2O15. The number of aliphatic hydroxyl groups is 4. The fourth-order valence-electron chi connectivity index (χ4n) is 8.17. The zero-order chi connectivity index (χ0) is 38.9. The Bertz CT molecular complexity index is 1980. The predicted molar refractivity (Wildman–Crippen MR) is 179 cm³/mol. The number of fused-ring (bicyclic) bond motifs is 5. The number of benzene rings is 2. The number of carbonyl (C=O) groups excluding carboxylic acids is 5. The van der Waals surface area contributed by atoms with Gasteiger partial charge in [0.1, 0.15) is 29.8 Å². The van der Waals surface area contributed by atoms with Crippen molar-refractivity contribution in [2.24, 2.45) is 0 Å². The van der Waals surface area contributed by atoms with E-state index in [1.54, 1.807) is 13.8 Å². The molecule has 0 bridgehead atoms. The summed E-state index contributed by atoms with van der Waals surface area (Å²) in [6, 6.07) is 2.29. The van der Waals surface area contributed by atoms with E-state index in [1.807, 2.05) is 0 Å². The van der Waals surface area contributed by atoms with Gasteiger partial charge in [-0.05, 0) is 31.0 Å². The summed E-state index contributed by atoms with van der Waals surface area (Å²) in [5.74, 6) is -7.04. The number of aryl methyl sites for hydroxylation is 1. The number of hydrogen-bond acceptors (Lipinski definition) is 16. The second kappa shape index (κ2) is 13.7. The quantitative estimate of drug-likeness (QED) is 0.147. The van der Waals surface area contributed by atoms with E-state index in [4.69, 9.17) is 24.1 Å². The molecule has 8 N–H and O–H groups in total. The molecule has 17 nitrogen and oxygen atoms in total. The summed E-state index contributed by atoms with van der Waals surface area (Å²) in [5, 5.41) is 72.4. The van der Waals surface area contributed by atoms with Crippen LogP contribution in [0.3, 0.4) is 0 Å². The lowest BCUT2D eigenvalue weighted by Gasteiger charge is -2.53. The minimum absolute atomic E-state index is 0.0366. The molecule has 0 aromatic heterocycles. The molecule has 1 heterocycles. The maximum atomic E-state index is 14.7. The molecular weight excluding hydrogens is 700 g/mol. The van der Waals surface area contributed by atoms with Crippen molar-refractivity contribution in [2.75, 3.05) is 34.5 Å². The van der Waals surface area contributed by atoms with Crippen molar-refractivity contribution in [3.63, 3.8) is 0 Å². The summed E-state index contributed by atoms with van der Waals surface area (Å²) < 4.78 is 22.1. The molecule has 1 aliphatic heterocycles. The highest BCUT2D eigenvalue weighted by Gasteiger charge is 2.72. The molecule has 0 spiro atoms. The van der Waals surface area contributed by atoms with E-state index < -0.39 is 129 Å². The Balaban J connectivity index is 1.48. The average molecular weight is 741 g/mol. The smallest absolute Gasteiger partial charge is 0.224 e. The standard InChI is InChI=1S/C36H40N2O15/c1-13-8-15-9-21(41)36(52-5)33(48)24-18(32(47)35(36,49)25(15)27(44)16(13)11-22(42)37-6-7-39)10-17-23(28(24)45)20(40)12-19(26(17)43)38-34-31(51-4)29(46)30(50-3)14(2)53-34/h8,10,12,14,21,29-31,34,38-39,41,44-46,49H,6-7,9,11H2,1-5H3,(H,37,42)/t14-,21+,29+,30-,31+,34?,35-,36+/m0/s1. The van der Waals surface area contributed by atoms with Crippen LogP contribution in [0.15, 0.2) is 23.9 Å². The van der Waals surface area contributed by atoms with Gasteiger partial charge in [0.05, 0.1) is 42.1 Å². The van der Waals surface area contributed by atoms with Crippen LogP contribution in [0.25, 0.3) is 0 Å². The van der Waals surface area contributed by atoms with Crippen LogP contribution in [0.4, 0.5) is 0 Å².